The fourth-order valence-electron chi connectivity index (χ4n) is 1.78. The number of amides is 2. The fourth-order valence-corrected chi connectivity index (χ4v) is 1.78. The first kappa shape index (κ1) is 15.0. The Morgan fingerprint density at radius 1 is 1.37 bits per heavy atom. The molecule has 0 aliphatic carbocycles. The minimum Gasteiger partial charge on any atom is -0.481 e. The zero-order valence-corrected chi connectivity index (χ0v) is 11.3. The standard InChI is InChI=1S/C14H20N2O3/c1-3-5-11(13(17)18)9-15-14(19)16-12-7-4-6-10(2)8-12/h4,6-8,11H,3,5,9H2,1-2H3,(H,17,18)(H2,15,16,19). The highest BCUT2D eigenvalue weighted by atomic mass is 16.4. The van der Waals surface area contributed by atoms with Gasteiger partial charge < -0.3 is 15.7 Å². The quantitative estimate of drug-likeness (QED) is 0.739. The first-order chi connectivity index (χ1) is 9.02. The van der Waals surface area contributed by atoms with Gasteiger partial charge in [-0.2, -0.15) is 0 Å². The summed E-state index contributed by atoms with van der Waals surface area (Å²) in [4.78, 5) is 22.6. The molecule has 2 amide bonds. The predicted molar refractivity (Wildman–Crippen MR) is 74.2 cm³/mol. The summed E-state index contributed by atoms with van der Waals surface area (Å²) in [6.07, 6.45) is 1.33. The molecule has 0 aliphatic rings. The second kappa shape index (κ2) is 7.41. The van der Waals surface area contributed by atoms with Crippen LogP contribution in [-0.2, 0) is 4.79 Å². The molecular formula is C14H20N2O3. The van der Waals surface area contributed by atoms with E-state index in [9.17, 15) is 9.59 Å². The average Bonchev–Trinajstić information content (AvgIpc) is 2.34. The molecule has 0 heterocycles. The molecule has 3 N–H and O–H groups in total. The number of rotatable bonds is 6. The largest absolute Gasteiger partial charge is 0.481 e. The number of hydrogen-bond acceptors (Lipinski definition) is 2. The van der Waals surface area contributed by atoms with Crippen LogP contribution >= 0.6 is 0 Å². The number of nitrogens with one attached hydrogen (secondary N) is 2. The van der Waals surface area contributed by atoms with Crippen LogP contribution in [0.25, 0.3) is 0 Å². The number of carboxylic acids is 1. The number of aliphatic carboxylic acids is 1. The first-order valence-electron chi connectivity index (χ1n) is 6.37. The Morgan fingerprint density at radius 3 is 2.68 bits per heavy atom. The minimum atomic E-state index is -0.877. The van der Waals surface area contributed by atoms with Crippen molar-refractivity contribution in [2.45, 2.75) is 26.7 Å². The van der Waals surface area contributed by atoms with Crippen LogP contribution in [0.4, 0.5) is 10.5 Å². The summed E-state index contributed by atoms with van der Waals surface area (Å²) in [5.74, 6) is -1.41. The number of urea groups is 1. The average molecular weight is 264 g/mol. The summed E-state index contributed by atoms with van der Waals surface area (Å²) in [7, 11) is 0. The summed E-state index contributed by atoms with van der Waals surface area (Å²) >= 11 is 0. The van der Waals surface area contributed by atoms with Crippen LogP contribution in [0.2, 0.25) is 0 Å². The molecule has 1 aromatic rings. The maximum Gasteiger partial charge on any atom is 0.319 e. The minimum absolute atomic E-state index is 0.140. The molecule has 0 aliphatic heterocycles. The van der Waals surface area contributed by atoms with E-state index in [4.69, 9.17) is 5.11 Å². The molecule has 5 heteroatoms. The van der Waals surface area contributed by atoms with E-state index in [0.717, 1.165) is 12.0 Å². The molecule has 0 radical (unpaired) electrons. The molecule has 0 saturated heterocycles. The van der Waals surface area contributed by atoms with E-state index in [1.807, 2.05) is 32.0 Å². The van der Waals surface area contributed by atoms with E-state index in [1.54, 1.807) is 6.07 Å². The summed E-state index contributed by atoms with van der Waals surface area (Å²) in [5.41, 5.74) is 1.74. The Balaban J connectivity index is 2.45. The molecule has 1 unspecified atom stereocenters. The van der Waals surface area contributed by atoms with Gasteiger partial charge in [-0.15, -0.1) is 0 Å². The number of carbonyl (C=O) groups is 2. The van der Waals surface area contributed by atoms with Gasteiger partial charge in [0.25, 0.3) is 0 Å². The van der Waals surface area contributed by atoms with Crippen molar-refractivity contribution in [3.63, 3.8) is 0 Å². The molecule has 0 saturated carbocycles. The van der Waals surface area contributed by atoms with Gasteiger partial charge in [0.05, 0.1) is 5.92 Å². The molecule has 1 aromatic carbocycles. The Hall–Kier alpha value is -2.04. The highest BCUT2D eigenvalue weighted by molar-refractivity contribution is 5.89. The lowest BCUT2D eigenvalue weighted by Crippen LogP contribution is -2.35. The van der Waals surface area contributed by atoms with E-state index in [1.165, 1.54) is 0 Å². The zero-order chi connectivity index (χ0) is 14.3. The monoisotopic (exact) mass is 264 g/mol. The third-order valence-electron chi connectivity index (χ3n) is 2.77. The van der Waals surface area contributed by atoms with Crippen LogP contribution in [0.3, 0.4) is 0 Å². The Bertz CT molecular complexity index is 446. The molecule has 19 heavy (non-hydrogen) atoms. The van der Waals surface area contributed by atoms with Crippen molar-refractivity contribution in [3.05, 3.63) is 29.8 Å². The van der Waals surface area contributed by atoms with E-state index in [0.29, 0.717) is 12.1 Å². The van der Waals surface area contributed by atoms with Gasteiger partial charge in [0, 0.05) is 12.2 Å². The number of carboxylic acid groups (broad SMARTS) is 1. The van der Waals surface area contributed by atoms with Crippen molar-refractivity contribution in [2.75, 3.05) is 11.9 Å². The van der Waals surface area contributed by atoms with Gasteiger partial charge in [-0.25, -0.2) is 4.79 Å². The van der Waals surface area contributed by atoms with Crippen LogP contribution in [0.1, 0.15) is 25.3 Å². The van der Waals surface area contributed by atoms with Gasteiger partial charge in [-0.05, 0) is 31.0 Å². The molecule has 104 valence electrons. The van der Waals surface area contributed by atoms with E-state index < -0.39 is 11.9 Å². The van der Waals surface area contributed by atoms with Crippen LogP contribution in [-0.4, -0.2) is 23.7 Å². The SMILES string of the molecule is CCCC(CNC(=O)Nc1cccc(C)c1)C(=O)O. The maximum absolute atomic E-state index is 11.6. The molecule has 1 rings (SSSR count). The molecule has 0 spiro atoms. The Morgan fingerprint density at radius 2 is 2.11 bits per heavy atom. The number of aryl methyl sites for hydroxylation is 1. The molecule has 0 fully saturated rings. The molecule has 1 atom stereocenters. The fraction of sp³-hybridized carbons (Fsp3) is 0.429. The summed E-state index contributed by atoms with van der Waals surface area (Å²) in [6, 6.07) is 7.04. The third-order valence-corrected chi connectivity index (χ3v) is 2.77. The van der Waals surface area contributed by atoms with Crippen LogP contribution < -0.4 is 10.6 Å². The number of hydrogen-bond donors (Lipinski definition) is 3. The van der Waals surface area contributed by atoms with Crippen LogP contribution in [0, 0.1) is 12.8 Å². The van der Waals surface area contributed by atoms with Crippen molar-refractivity contribution in [2.24, 2.45) is 5.92 Å². The van der Waals surface area contributed by atoms with Gasteiger partial charge in [-0.1, -0.05) is 25.5 Å². The third kappa shape index (κ3) is 5.42. The molecule has 0 aromatic heterocycles. The van der Waals surface area contributed by atoms with E-state index >= 15 is 0 Å². The highest BCUT2D eigenvalue weighted by Crippen LogP contribution is 2.09. The number of anilines is 1. The van der Waals surface area contributed by atoms with Crippen molar-refractivity contribution in [3.8, 4) is 0 Å². The van der Waals surface area contributed by atoms with Crippen LogP contribution in [0.5, 0.6) is 0 Å². The van der Waals surface area contributed by atoms with Gasteiger partial charge in [0.1, 0.15) is 0 Å². The smallest absolute Gasteiger partial charge is 0.319 e. The van der Waals surface area contributed by atoms with Crippen molar-refractivity contribution in [1.82, 2.24) is 5.32 Å². The lowest BCUT2D eigenvalue weighted by Gasteiger charge is -2.13. The van der Waals surface area contributed by atoms with Gasteiger partial charge in [0.15, 0.2) is 0 Å². The normalized spacial score (nSPS) is 11.7. The van der Waals surface area contributed by atoms with E-state index in [2.05, 4.69) is 10.6 Å². The van der Waals surface area contributed by atoms with Crippen molar-refractivity contribution >= 4 is 17.7 Å². The van der Waals surface area contributed by atoms with Crippen molar-refractivity contribution in [1.29, 1.82) is 0 Å². The topological polar surface area (TPSA) is 78.4 Å². The summed E-state index contributed by atoms with van der Waals surface area (Å²) < 4.78 is 0. The van der Waals surface area contributed by atoms with Gasteiger partial charge in [-0.3, -0.25) is 4.79 Å². The van der Waals surface area contributed by atoms with Gasteiger partial charge >= 0.3 is 12.0 Å². The summed E-state index contributed by atoms with van der Waals surface area (Å²) in [6.45, 7) is 3.99. The second-order valence-corrected chi connectivity index (χ2v) is 4.53. The number of benzene rings is 1. The van der Waals surface area contributed by atoms with E-state index in [-0.39, 0.29) is 12.6 Å². The zero-order valence-electron chi connectivity index (χ0n) is 11.3. The van der Waals surface area contributed by atoms with Crippen molar-refractivity contribution < 1.29 is 14.7 Å². The Labute approximate surface area is 113 Å². The Kier molecular flexibility index (Phi) is 5.85. The maximum atomic E-state index is 11.6. The lowest BCUT2D eigenvalue weighted by atomic mass is 10.0. The second-order valence-electron chi connectivity index (χ2n) is 4.53. The molecule has 5 nitrogen and oxygen atoms in total. The molecule has 0 bridgehead atoms. The lowest BCUT2D eigenvalue weighted by molar-refractivity contribution is -0.141. The highest BCUT2D eigenvalue weighted by Gasteiger charge is 2.17. The molecular weight excluding hydrogens is 244 g/mol. The number of carbonyl (C=O) groups excluding carboxylic acids is 1. The van der Waals surface area contributed by atoms with Gasteiger partial charge in [0.2, 0.25) is 0 Å². The summed E-state index contributed by atoms with van der Waals surface area (Å²) in [5, 5.41) is 14.2. The first-order valence-corrected chi connectivity index (χ1v) is 6.37. The van der Waals surface area contributed by atoms with Crippen LogP contribution in [0.15, 0.2) is 24.3 Å². The predicted octanol–water partition coefficient (Wildman–Crippen LogP) is 2.62.